The first-order valence-corrected chi connectivity index (χ1v) is 8.27. The van der Waals surface area contributed by atoms with E-state index in [4.69, 9.17) is 9.47 Å². The van der Waals surface area contributed by atoms with Gasteiger partial charge in [-0.15, -0.1) is 0 Å². The second-order valence-corrected chi connectivity index (χ2v) is 5.50. The standard InChI is InChI=1S/C18H31NO2/c1-4-5-6-7-8-9-10-11-12-19-16-13-17(20-2)15-18(14-16)21-3/h13-15,19H,4-12H2,1-3H3. The predicted molar refractivity (Wildman–Crippen MR) is 90.6 cm³/mol. The van der Waals surface area contributed by atoms with E-state index in [0.29, 0.717) is 0 Å². The minimum Gasteiger partial charge on any atom is -0.497 e. The molecule has 3 heteroatoms. The molecule has 0 amide bonds. The van der Waals surface area contributed by atoms with E-state index in [1.807, 2.05) is 18.2 Å². The summed E-state index contributed by atoms with van der Waals surface area (Å²) in [6.07, 6.45) is 10.8. The maximum Gasteiger partial charge on any atom is 0.124 e. The fourth-order valence-corrected chi connectivity index (χ4v) is 2.40. The summed E-state index contributed by atoms with van der Waals surface area (Å²) in [4.78, 5) is 0. The molecule has 0 aliphatic carbocycles. The molecule has 1 aromatic rings. The maximum absolute atomic E-state index is 5.27. The zero-order valence-corrected chi connectivity index (χ0v) is 13.9. The van der Waals surface area contributed by atoms with Gasteiger partial charge in [-0.3, -0.25) is 0 Å². The summed E-state index contributed by atoms with van der Waals surface area (Å²) in [7, 11) is 3.36. The highest BCUT2D eigenvalue weighted by molar-refractivity contribution is 5.53. The molecule has 0 saturated heterocycles. The van der Waals surface area contributed by atoms with Crippen LogP contribution in [0.15, 0.2) is 18.2 Å². The highest BCUT2D eigenvalue weighted by Gasteiger charge is 2.01. The second-order valence-electron chi connectivity index (χ2n) is 5.50. The number of ether oxygens (including phenoxy) is 2. The van der Waals surface area contributed by atoms with E-state index in [9.17, 15) is 0 Å². The van der Waals surface area contributed by atoms with Gasteiger partial charge in [-0.2, -0.15) is 0 Å². The molecule has 21 heavy (non-hydrogen) atoms. The van der Waals surface area contributed by atoms with Gasteiger partial charge in [0, 0.05) is 30.4 Å². The molecule has 0 aliphatic rings. The third kappa shape index (κ3) is 7.84. The summed E-state index contributed by atoms with van der Waals surface area (Å²) in [5.74, 6) is 1.65. The number of methoxy groups -OCH3 is 2. The van der Waals surface area contributed by atoms with Gasteiger partial charge in [0.2, 0.25) is 0 Å². The molecule has 0 unspecified atom stereocenters. The highest BCUT2D eigenvalue weighted by atomic mass is 16.5. The van der Waals surface area contributed by atoms with Crippen molar-refractivity contribution in [3.8, 4) is 11.5 Å². The van der Waals surface area contributed by atoms with Gasteiger partial charge in [0.1, 0.15) is 11.5 Å². The number of nitrogens with one attached hydrogen (secondary N) is 1. The molecule has 0 aliphatic heterocycles. The quantitative estimate of drug-likeness (QED) is 0.533. The molecule has 0 heterocycles. The van der Waals surface area contributed by atoms with Gasteiger partial charge in [0.15, 0.2) is 0 Å². The van der Waals surface area contributed by atoms with E-state index >= 15 is 0 Å². The van der Waals surface area contributed by atoms with Gasteiger partial charge in [-0.1, -0.05) is 51.9 Å². The van der Waals surface area contributed by atoms with Crippen molar-refractivity contribution in [2.75, 3.05) is 26.1 Å². The van der Waals surface area contributed by atoms with Crippen LogP contribution in [0.4, 0.5) is 5.69 Å². The molecule has 1 aromatic carbocycles. The average molecular weight is 293 g/mol. The molecule has 1 N–H and O–H groups in total. The number of anilines is 1. The summed E-state index contributed by atoms with van der Waals surface area (Å²) in [6, 6.07) is 5.90. The Morgan fingerprint density at radius 2 is 1.29 bits per heavy atom. The minimum atomic E-state index is 0.827. The number of hydrogen-bond donors (Lipinski definition) is 1. The van der Waals surface area contributed by atoms with Crippen LogP contribution in [0.1, 0.15) is 58.3 Å². The van der Waals surface area contributed by atoms with Crippen LogP contribution in [-0.2, 0) is 0 Å². The van der Waals surface area contributed by atoms with Crippen LogP contribution in [0.25, 0.3) is 0 Å². The van der Waals surface area contributed by atoms with Gasteiger partial charge in [0.25, 0.3) is 0 Å². The third-order valence-corrected chi connectivity index (χ3v) is 3.71. The largest absolute Gasteiger partial charge is 0.497 e. The zero-order chi connectivity index (χ0) is 15.3. The van der Waals surface area contributed by atoms with E-state index in [0.717, 1.165) is 23.7 Å². The lowest BCUT2D eigenvalue weighted by molar-refractivity contribution is 0.394. The van der Waals surface area contributed by atoms with Crippen molar-refractivity contribution in [1.82, 2.24) is 0 Å². The fraction of sp³-hybridized carbons (Fsp3) is 0.667. The Balaban J connectivity index is 2.15. The van der Waals surface area contributed by atoms with Crippen molar-refractivity contribution >= 4 is 5.69 Å². The molecule has 0 saturated carbocycles. The van der Waals surface area contributed by atoms with E-state index in [1.54, 1.807) is 14.2 Å². The lowest BCUT2D eigenvalue weighted by Crippen LogP contribution is -2.02. The summed E-state index contributed by atoms with van der Waals surface area (Å²) >= 11 is 0. The fourth-order valence-electron chi connectivity index (χ4n) is 2.40. The first kappa shape index (κ1) is 17.7. The molecule has 0 spiro atoms. The van der Waals surface area contributed by atoms with Crippen LogP contribution >= 0.6 is 0 Å². The normalized spacial score (nSPS) is 10.4. The molecule has 0 fully saturated rings. The lowest BCUT2D eigenvalue weighted by atomic mass is 10.1. The Morgan fingerprint density at radius 1 is 0.762 bits per heavy atom. The smallest absolute Gasteiger partial charge is 0.124 e. The number of unbranched alkanes of at least 4 members (excludes halogenated alkanes) is 7. The molecule has 1 rings (SSSR count). The van der Waals surface area contributed by atoms with Crippen LogP contribution in [-0.4, -0.2) is 20.8 Å². The molecule has 0 radical (unpaired) electrons. The van der Waals surface area contributed by atoms with Crippen LogP contribution in [0.3, 0.4) is 0 Å². The summed E-state index contributed by atoms with van der Waals surface area (Å²) in [5, 5.41) is 3.45. The van der Waals surface area contributed by atoms with Crippen molar-refractivity contribution in [2.24, 2.45) is 0 Å². The third-order valence-electron chi connectivity index (χ3n) is 3.71. The first-order valence-electron chi connectivity index (χ1n) is 8.27. The molecule has 0 bridgehead atoms. The molecule has 120 valence electrons. The lowest BCUT2D eigenvalue weighted by Gasteiger charge is -2.10. The SMILES string of the molecule is CCCCCCCCCCNc1cc(OC)cc(OC)c1. The minimum absolute atomic E-state index is 0.827. The second kappa shape index (κ2) is 11.3. The van der Waals surface area contributed by atoms with Crippen molar-refractivity contribution in [3.63, 3.8) is 0 Å². The van der Waals surface area contributed by atoms with Crippen LogP contribution < -0.4 is 14.8 Å². The van der Waals surface area contributed by atoms with Gasteiger partial charge < -0.3 is 14.8 Å². The highest BCUT2D eigenvalue weighted by Crippen LogP contribution is 2.25. The molecular formula is C18H31NO2. The topological polar surface area (TPSA) is 30.5 Å². The van der Waals surface area contributed by atoms with Crippen molar-refractivity contribution in [2.45, 2.75) is 58.3 Å². The number of rotatable bonds is 12. The van der Waals surface area contributed by atoms with Crippen LogP contribution in [0.5, 0.6) is 11.5 Å². The predicted octanol–water partition coefficient (Wildman–Crippen LogP) is 5.26. The molecular weight excluding hydrogens is 262 g/mol. The molecule has 0 aromatic heterocycles. The Hall–Kier alpha value is -1.38. The Bertz CT molecular complexity index is 357. The maximum atomic E-state index is 5.27. The Labute approximate surface area is 130 Å². The Morgan fingerprint density at radius 3 is 1.81 bits per heavy atom. The number of hydrogen-bond acceptors (Lipinski definition) is 3. The van der Waals surface area contributed by atoms with E-state index in [2.05, 4.69) is 12.2 Å². The van der Waals surface area contributed by atoms with Crippen molar-refractivity contribution in [1.29, 1.82) is 0 Å². The van der Waals surface area contributed by atoms with Gasteiger partial charge in [-0.05, 0) is 6.42 Å². The first-order chi connectivity index (χ1) is 10.3. The van der Waals surface area contributed by atoms with Gasteiger partial charge in [0.05, 0.1) is 14.2 Å². The van der Waals surface area contributed by atoms with E-state index in [1.165, 1.54) is 51.4 Å². The Kier molecular flexibility index (Phi) is 9.51. The molecule has 3 nitrogen and oxygen atoms in total. The van der Waals surface area contributed by atoms with Crippen molar-refractivity contribution in [3.05, 3.63) is 18.2 Å². The van der Waals surface area contributed by atoms with Gasteiger partial charge >= 0.3 is 0 Å². The monoisotopic (exact) mass is 293 g/mol. The van der Waals surface area contributed by atoms with E-state index < -0.39 is 0 Å². The van der Waals surface area contributed by atoms with Gasteiger partial charge in [-0.25, -0.2) is 0 Å². The zero-order valence-electron chi connectivity index (χ0n) is 13.9. The molecule has 0 atom stereocenters. The summed E-state index contributed by atoms with van der Waals surface area (Å²) < 4.78 is 10.5. The summed E-state index contributed by atoms with van der Waals surface area (Å²) in [6.45, 7) is 3.27. The number of benzene rings is 1. The van der Waals surface area contributed by atoms with E-state index in [-0.39, 0.29) is 0 Å². The van der Waals surface area contributed by atoms with Crippen LogP contribution in [0.2, 0.25) is 0 Å². The average Bonchev–Trinajstić information content (AvgIpc) is 2.52. The summed E-state index contributed by atoms with van der Waals surface area (Å²) in [5.41, 5.74) is 1.06. The van der Waals surface area contributed by atoms with Crippen molar-refractivity contribution < 1.29 is 9.47 Å². The van der Waals surface area contributed by atoms with Crippen LogP contribution in [0, 0.1) is 0 Å².